The fourth-order valence-corrected chi connectivity index (χ4v) is 2.14. The quantitative estimate of drug-likeness (QED) is 0.764. The van der Waals surface area contributed by atoms with Crippen LogP contribution in [0, 0.1) is 0 Å². The maximum Gasteiger partial charge on any atom is 0.0616 e. The average Bonchev–Trinajstić information content (AvgIpc) is 2.37. The number of nitrogens with one attached hydrogen (secondary N) is 1. The zero-order valence-electron chi connectivity index (χ0n) is 11.6. The zero-order chi connectivity index (χ0) is 13.4. The second kappa shape index (κ2) is 8.52. The minimum Gasteiger partial charge on any atom is -0.380 e. The summed E-state index contributed by atoms with van der Waals surface area (Å²) < 4.78 is 5.45. The molecule has 0 saturated carbocycles. The summed E-state index contributed by atoms with van der Waals surface area (Å²) in [7, 11) is 0. The first kappa shape index (κ1) is 15.5. The number of halogens is 1. The van der Waals surface area contributed by atoms with E-state index in [2.05, 4.69) is 31.3 Å². The van der Waals surface area contributed by atoms with Crippen molar-refractivity contribution in [1.82, 2.24) is 5.32 Å². The third-order valence-electron chi connectivity index (χ3n) is 2.91. The molecule has 0 saturated heterocycles. The molecule has 0 aliphatic heterocycles. The topological polar surface area (TPSA) is 21.3 Å². The number of benzene rings is 1. The summed E-state index contributed by atoms with van der Waals surface area (Å²) in [4.78, 5) is 0. The zero-order valence-corrected chi connectivity index (χ0v) is 12.3. The first-order valence-corrected chi connectivity index (χ1v) is 7.14. The molecule has 0 fully saturated rings. The SMILES string of the molecule is CCCC(NC(C)COCC)c1ccc(Cl)cc1. The summed E-state index contributed by atoms with van der Waals surface area (Å²) in [6.07, 6.45) is 2.28. The Kier molecular flexibility index (Phi) is 7.33. The summed E-state index contributed by atoms with van der Waals surface area (Å²) in [5.41, 5.74) is 1.30. The number of ether oxygens (including phenoxy) is 1. The molecular formula is C15H24ClNO. The van der Waals surface area contributed by atoms with Gasteiger partial charge < -0.3 is 10.1 Å². The van der Waals surface area contributed by atoms with Crippen LogP contribution in [-0.2, 0) is 4.74 Å². The summed E-state index contributed by atoms with van der Waals surface area (Å²) in [5.74, 6) is 0. The second-order valence-corrected chi connectivity index (χ2v) is 5.06. The summed E-state index contributed by atoms with van der Waals surface area (Å²) in [6.45, 7) is 7.91. The van der Waals surface area contributed by atoms with Crippen molar-refractivity contribution in [2.75, 3.05) is 13.2 Å². The molecule has 3 heteroatoms. The molecule has 18 heavy (non-hydrogen) atoms. The molecule has 0 spiro atoms. The lowest BCUT2D eigenvalue weighted by Crippen LogP contribution is -2.34. The molecule has 0 amide bonds. The minimum absolute atomic E-state index is 0.358. The average molecular weight is 270 g/mol. The van der Waals surface area contributed by atoms with Gasteiger partial charge in [0.1, 0.15) is 0 Å². The first-order valence-electron chi connectivity index (χ1n) is 6.76. The molecule has 0 aliphatic rings. The van der Waals surface area contributed by atoms with Gasteiger partial charge >= 0.3 is 0 Å². The van der Waals surface area contributed by atoms with Crippen LogP contribution < -0.4 is 5.32 Å². The van der Waals surface area contributed by atoms with Crippen LogP contribution in [0.15, 0.2) is 24.3 Å². The maximum absolute atomic E-state index is 5.93. The van der Waals surface area contributed by atoms with Crippen molar-refractivity contribution in [3.63, 3.8) is 0 Å². The number of rotatable bonds is 8. The molecule has 1 aromatic carbocycles. The van der Waals surface area contributed by atoms with Gasteiger partial charge in [-0.25, -0.2) is 0 Å². The molecule has 0 bridgehead atoms. The Morgan fingerprint density at radius 1 is 1.22 bits per heavy atom. The molecule has 0 radical (unpaired) electrons. The lowest BCUT2D eigenvalue weighted by atomic mass is 10.0. The van der Waals surface area contributed by atoms with Gasteiger partial charge in [-0.3, -0.25) is 0 Å². The maximum atomic E-state index is 5.93. The molecular weight excluding hydrogens is 246 g/mol. The molecule has 2 unspecified atom stereocenters. The van der Waals surface area contributed by atoms with Gasteiger partial charge in [-0.05, 0) is 38.0 Å². The van der Waals surface area contributed by atoms with Gasteiger partial charge in [-0.15, -0.1) is 0 Å². The van der Waals surface area contributed by atoms with E-state index in [1.807, 2.05) is 19.1 Å². The predicted octanol–water partition coefficient (Wildman–Crippen LogP) is 4.20. The number of hydrogen-bond acceptors (Lipinski definition) is 2. The smallest absolute Gasteiger partial charge is 0.0616 e. The van der Waals surface area contributed by atoms with Gasteiger partial charge in [0.05, 0.1) is 6.61 Å². The van der Waals surface area contributed by atoms with Gasteiger partial charge in [0, 0.05) is 23.7 Å². The highest BCUT2D eigenvalue weighted by atomic mass is 35.5. The Labute approximate surface area is 116 Å². The Bertz CT molecular complexity index is 326. The van der Waals surface area contributed by atoms with Crippen molar-refractivity contribution in [2.24, 2.45) is 0 Å². The van der Waals surface area contributed by atoms with Crippen LogP contribution in [0.4, 0.5) is 0 Å². The lowest BCUT2D eigenvalue weighted by Gasteiger charge is -2.23. The van der Waals surface area contributed by atoms with Crippen LogP contribution in [0.1, 0.15) is 45.2 Å². The second-order valence-electron chi connectivity index (χ2n) is 4.62. The third-order valence-corrected chi connectivity index (χ3v) is 3.16. The molecule has 1 rings (SSSR count). The van der Waals surface area contributed by atoms with Crippen LogP contribution >= 0.6 is 11.6 Å². The summed E-state index contributed by atoms with van der Waals surface area (Å²) in [5, 5.41) is 4.41. The van der Waals surface area contributed by atoms with Gasteiger partial charge in [0.25, 0.3) is 0 Å². The van der Waals surface area contributed by atoms with Gasteiger partial charge in [0.15, 0.2) is 0 Å². The Morgan fingerprint density at radius 3 is 2.44 bits per heavy atom. The molecule has 0 aromatic heterocycles. The highest BCUT2D eigenvalue weighted by Gasteiger charge is 2.13. The van der Waals surface area contributed by atoms with Gasteiger partial charge in [0.2, 0.25) is 0 Å². The van der Waals surface area contributed by atoms with Crippen LogP contribution in [-0.4, -0.2) is 19.3 Å². The van der Waals surface area contributed by atoms with Crippen molar-refractivity contribution in [1.29, 1.82) is 0 Å². The summed E-state index contributed by atoms with van der Waals surface area (Å²) in [6, 6.07) is 8.84. The van der Waals surface area contributed by atoms with E-state index in [0.717, 1.165) is 31.1 Å². The fraction of sp³-hybridized carbons (Fsp3) is 0.600. The standard InChI is InChI=1S/C15H24ClNO/c1-4-6-15(17-12(3)11-18-5-2)13-7-9-14(16)10-8-13/h7-10,12,15,17H,4-6,11H2,1-3H3. The van der Waals surface area contributed by atoms with E-state index < -0.39 is 0 Å². The molecule has 0 heterocycles. The molecule has 0 aliphatic carbocycles. The van der Waals surface area contributed by atoms with Crippen LogP contribution in [0.5, 0.6) is 0 Å². The van der Waals surface area contributed by atoms with Crippen LogP contribution in [0.3, 0.4) is 0 Å². The predicted molar refractivity (Wildman–Crippen MR) is 78.2 cm³/mol. The minimum atomic E-state index is 0.358. The normalized spacial score (nSPS) is 14.4. The van der Waals surface area contributed by atoms with E-state index in [0.29, 0.717) is 12.1 Å². The van der Waals surface area contributed by atoms with Crippen LogP contribution in [0.2, 0.25) is 5.02 Å². The largest absolute Gasteiger partial charge is 0.380 e. The first-order chi connectivity index (χ1) is 8.67. The molecule has 2 nitrogen and oxygen atoms in total. The van der Waals surface area contributed by atoms with E-state index in [1.165, 1.54) is 5.56 Å². The fourth-order valence-electron chi connectivity index (χ4n) is 2.02. The van der Waals surface area contributed by atoms with Crippen molar-refractivity contribution < 1.29 is 4.74 Å². The van der Waals surface area contributed by atoms with Gasteiger partial charge in [-0.1, -0.05) is 37.1 Å². The number of hydrogen-bond donors (Lipinski definition) is 1. The van der Waals surface area contributed by atoms with Crippen LogP contribution in [0.25, 0.3) is 0 Å². The van der Waals surface area contributed by atoms with Crippen molar-refractivity contribution in [3.8, 4) is 0 Å². The molecule has 1 aromatic rings. The van der Waals surface area contributed by atoms with E-state index in [1.54, 1.807) is 0 Å². The van der Waals surface area contributed by atoms with Gasteiger partial charge in [-0.2, -0.15) is 0 Å². The third kappa shape index (κ3) is 5.38. The Balaban J connectivity index is 2.61. The highest BCUT2D eigenvalue weighted by Crippen LogP contribution is 2.21. The van der Waals surface area contributed by atoms with E-state index >= 15 is 0 Å². The monoisotopic (exact) mass is 269 g/mol. The Morgan fingerprint density at radius 2 is 1.89 bits per heavy atom. The molecule has 102 valence electrons. The van der Waals surface area contributed by atoms with E-state index in [4.69, 9.17) is 16.3 Å². The van der Waals surface area contributed by atoms with Crippen molar-refractivity contribution in [2.45, 2.75) is 45.7 Å². The summed E-state index contributed by atoms with van der Waals surface area (Å²) >= 11 is 5.93. The van der Waals surface area contributed by atoms with Crippen molar-refractivity contribution in [3.05, 3.63) is 34.9 Å². The van der Waals surface area contributed by atoms with E-state index in [-0.39, 0.29) is 0 Å². The molecule has 1 N–H and O–H groups in total. The molecule has 2 atom stereocenters. The Hall–Kier alpha value is -0.570. The lowest BCUT2D eigenvalue weighted by molar-refractivity contribution is 0.123. The van der Waals surface area contributed by atoms with Crippen molar-refractivity contribution >= 4 is 11.6 Å². The van der Waals surface area contributed by atoms with E-state index in [9.17, 15) is 0 Å². The highest BCUT2D eigenvalue weighted by molar-refractivity contribution is 6.30.